The van der Waals surface area contributed by atoms with Crippen LogP contribution in [0.15, 0.2) is 48.5 Å². The largest absolute Gasteiger partial charge is 0.449 e. The van der Waals surface area contributed by atoms with Crippen molar-refractivity contribution in [2.75, 3.05) is 13.2 Å². The number of alkyl carbamates (subject to hydrolysis) is 1. The standard InChI is InChI=1S/C24H27NO7/c1-24(2)31-21-19(27)20(30-22(21)32-24)18(11-26)25-23(28)29-12-17-15-9-5-3-7-13(15)14-8-4-6-10-16(14)17/h3-10,17-22,26-27H,11-12H2,1-2H3,(H,25,28)/t18-,19+,20-,21-,22-/m1/s1. The highest BCUT2D eigenvalue weighted by Gasteiger charge is 2.56. The Morgan fingerprint density at radius 1 is 1.09 bits per heavy atom. The second-order valence-electron chi connectivity index (χ2n) is 8.82. The molecule has 2 aliphatic heterocycles. The molecule has 5 atom stereocenters. The van der Waals surface area contributed by atoms with E-state index in [1.54, 1.807) is 13.8 Å². The van der Waals surface area contributed by atoms with Crippen LogP contribution in [0.5, 0.6) is 0 Å². The Labute approximate surface area is 186 Å². The molecule has 2 fully saturated rings. The molecule has 8 nitrogen and oxygen atoms in total. The van der Waals surface area contributed by atoms with Crippen molar-refractivity contribution in [2.24, 2.45) is 0 Å². The first-order valence-electron chi connectivity index (χ1n) is 10.8. The second kappa shape index (κ2) is 8.13. The van der Waals surface area contributed by atoms with Crippen molar-refractivity contribution in [1.82, 2.24) is 5.32 Å². The molecule has 2 aromatic carbocycles. The van der Waals surface area contributed by atoms with E-state index in [0.717, 1.165) is 22.3 Å². The molecule has 0 radical (unpaired) electrons. The number of aliphatic hydroxyl groups is 2. The number of carbonyl (C=O) groups excluding carboxylic acids is 1. The van der Waals surface area contributed by atoms with Crippen molar-refractivity contribution >= 4 is 6.09 Å². The van der Waals surface area contributed by atoms with Crippen LogP contribution < -0.4 is 5.32 Å². The molecule has 1 amide bonds. The van der Waals surface area contributed by atoms with Gasteiger partial charge in [0.05, 0.1) is 12.6 Å². The molecular weight excluding hydrogens is 414 g/mol. The van der Waals surface area contributed by atoms with Crippen molar-refractivity contribution in [1.29, 1.82) is 0 Å². The molecule has 2 aromatic rings. The molecule has 2 saturated heterocycles. The van der Waals surface area contributed by atoms with E-state index in [1.807, 2.05) is 36.4 Å². The Balaban J connectivity index is 1.23. The summed E-state index contributed by atoms with van der Waals surface area (Å²) < 4.78 is 22.6. The van der Waals surface area contributed by atoms with E-state index in [0.29, 0.717) is 0 Å². The lowest BCUT2D eigenvalue weighted by atomic mass is 9.98. The van der Waals surface area contributed by atoms with Crippen LogP contribution in [0.1, 0.15) is 30.9 Å². The Morgan fingerprint density at radius 2 is 1.72 bits per heavy atom. The third-order valence-electron chi connectivity index (χ3n) is 6.29. The average molecular weight is 441 g/mol. The number of benzene rings is 2. The molecule has 1 aliphatic carbocycles. The van der Waals surface area contributed by atoms with Gasteiger partial charge in [-0.1, -0.05) is 48.5 Å². The maximum atomic E-state index is 12.6. The highest BCUT2D eigenvalue weighted by atomic mass is 16.8. The van der Waals surface area contributed by atoms with Crippen molar-refractivity contribution in [3.8, 4) is 11.1 Å². The second-order valence-corrected chi connectivity index (χ2v) is 8.82. The van der Waals surface area contributed by atoms with Crippen LogP contribution in [-0.2, 0) is 18.9 Å². The van der Waals surface area contributed by atoms with Gasteiger partial charge in [0.1, 0.15) is 24.9 Å². The fourth-order valence-corrected chi connectivity index (χ4v) is 4.87. The molecular formula is C24H27NO7. The zero-order valence-electron chi connectivity index (χ0n) is 17.9. The van der Waals surface area contributed by atoms with Gasteiger partial charge in [-0.3, -0.25) is 0 Å². The van der Waals surface area contributed by atoms with E-state index in [4.69, 9.17) is 18.9 Å². The van der Waals surface area contributed by atoms with Crippen molar-refractivity contribution in [2.45, 2.75) is 56.2 Å². The van der Waals surface area contributed by atoms with Gasteiger partial charge in [-0.2, -0.15) is 0 Å². The first kappa shape index (κ1) is 21.4. The fraction of sp³-hybridized carbons (Fsp3) is 0.458. The minimum atomic E-state index is -1.06. The molecule has 0 aromatic heterocycles. The SMILES string of the molecule is CC1(C)O[C@H]2O[C@H]([C@@H](CO)NC(=O)OCC3c4ccccc4-c4ccccc43)[C@H](O)[C@H]2O1. The maximum Gasteiger partial charge on any atom is 0.407 e. The molecule has 170 valence electrons. The third-order valence-corrected chi connectivity index (χ3v) is 6.29. The fourth-order valence-electron chi connectivity index (χ4n) is 4.87. The predicted molar refractivity (Wildman–Crippen MR) is 114 cm³/mol. The van der Waals surface area contributed by atoms with Gasteiger partial charge < -0.3 is 34.5 Å². The number of amides is 1. The lowest BCUT2D eigenvalue weighted by molar-refractivity contribution is -0.218. The van der Waals surface area contributed by atoms with Gasteiger partial charge >= 0.3 is 6.09 Å². The molecule has 5 rings (SSSR count). The average Bonchev–Trinajstić information content (AvgIpc) is 3.37. The van der Waals surface area contributed by atoms with Crippen molar-refractivity contribution in [3.63, 3.8) is 0 Å². The van der Waals surface area contributed by atoms with Crippen molar-refractivity contribution in [3.05, 3.63) is 59.7 Å². The summed E-state index contributed by atoms with van der Waals surface area (Å²) in [5, 5.41) is 23.0. The number of fused-ring (bicyclic) bond motifs is 4. The van der Waals surface area contributed by atoms with E-state index in [-0.39, 0.29) is 12.5 Å². The zero-order valence-corrected chi connectivity index (χ0v) is 17.9. The molecule has 3 aliphatic rings. The van der Waals surface area contributed by atoms with Crippen LogP contribution in [0.25, 0.3) is 11.1 Å². The number of aliphatic hydroxyl groups excluding tert-OH is 2. The first-order valence-corrected chi connectivity index (χ1v) is 10.8. The van der Waals surface area contributed by atoms with Crippen LogP contribution in [0.3, 0.4) is 0 Å². The highest BCUT2D eigenvalue weighted by Crippen LogP contribution is 2.44. The first-order chi connectivity index (χ1) is 15.4. The Morgan fingerprint density at radius 3 is 2.31 bits per heavy atom. The molecule has 0 spiro atoms. The Kier molecular flexibility index (Phi) is 5.43. The summed E-state index contributed by atoms with van der Waals surface area (Å²) in [4.78, 5) is 12.6. The van der Waals surface area contributed by atoms with Gasteiger partial charge in [-0.25, -0.2) is 4.79 Å². The maximum absolute atomic E-state index is 12.6. The van der Waals surface area contributed by atoms with E-state index in [9.17, 15) is 15.0 Å². The smallest absolute Gasteiger partial charge is 0.407 e. The van der Waals surface area contributed by atoms with E-state index < -0.39 is 49.1 Å². The highest BCUT2D eigenvalue weighted by molar-refractivity contribution is 5.79. The molecule has 0 bridgehead atoms. The number of ether oxygens (including phenoxy) is 4. The minimum absolute atomic E-state index is 0.0718. The Hall–Kier alpha value is -2.49. The van der Waals surface area contributed by atoms with Gasteiger partial charge in [0.25, 0.3) is 0 Å². The summed E-state index contributed by atoms with van der Waals surface area (Å²) in [5.41, 5.74) is 4.50. The number of hydrogen-bond acceptors (Lipinski definition) is 7. The lowest BCUT2D eigenvalue weighted by Gasteiger charge is -2.28. The molecule has 32 heavy (non-hydrogen) atoms. The minimum Gasteiger partial charge on any atom is -0.449 e. The topological polar surface area (TPSA) is 106 Å². The van der Waals surface area contributed by atoms with Crippen LogP contribution in [0, 0.1) is 0 Å². The molecule has 3 N–H and O–H groups in total. The summed E-state index contributed by atoms with van der Waals surface area (Å²) in [6.45, 7) is 3.18. The summed E-state index contributed by atoms with van der Waals surface area (Å²) in [6.07, 6.45) is -4.09. The molecule has 8 heteroatoms. The van der Waals surface area contributed by atoms with E-state index >= 15 is 0 Å². The monoisotopic (exact) mass is 441 g/mol. The zero-order chi connectivity index (χ0) is 22.5. The summed E-state index contributed by atoms with van der Waals surface area (Å²) >= 11 is 0. The van der Waals surface area contributed by atoms with Crippen LogP contribution in [0.2, 0.25) is 0 Å². The summed E-state index contributed by atoms with van der Waals surface area (Å²) in [6, 6.07) is 15.3. The van der Waals surface area contributed by atoms with Gasteiger partial charge in [-0.15, -0.1) is 0 Å². The summed E-state index contributed by atoms with van der Waals surface area (Å²) in [5.74, 6) is -0.937. The number of hydrogen-bond donors (Lipinski definition) is 3. The predicted octanol–water partition coefficient (Wildman–Crippen LogP) is 2.12. The van der Waals surface area contributed by atoms with Crippen LogP contribution in [-0.4, -0.2) is 66.0 Å². The van der Waals surface area contributed by atoms with Gasteiger partial charge in [0.2, 0.25) is 0 Å². The van der Waals surface area contributed by atoms with Gasteiger partial charge in [-0.05, 0) is 36.1 Å². The Bertz CT molecular complexity index is 964. The van der Waals surface area contributed by atoms with Gasteiger partial charge in [0.15, 0.2) is 12.1 Å². The molecule has 0 saturated carbocycles. The van der Waals surface area contributed by atoms with Crippen LogP contribution >= 0.6 is 0 Å². The molecule has 2 heterocycles. The number of nitrogens with one attached hydrogen (secondary N) is 1. The summed E-state index contributed by atoms with van der Waals surface area (Å²) in [7, 11) is 0. The molecule has 0 unspecified atom stereocenters. The van der Waals surface area contributed by atoms with E-state index in [1.165, 1.54) is 0 Å². The number of rotatable bonds is 5. The number of carbonyl (C=O) groups is 1. The van der Waals surface area contributed by atoms with Gasteiger partial charge in [0, 0.05) is 5.92 Å². The quantitative estimate of drug-likeness (QED) is 0.653. The van der Waals surface area contributed by atoms with E-state index in [2.05, 4.69) is 17.4 Å². The lowest BCUT2D eigenvalue weighted by Crippen LogP contribution is -2.51. The third kappa shape index (κ3) is 3.68. The van der Waals surface area contributed by atoms with Crippen molar-refractivity contribution < 1.29 is 34.0 Å². The normalized spacial score (nSPS) is 28.6. The van der Waals surface area contributed by atoms with Crippen LogP contribution in [0.4, 0.5) is 4.79 Å².